The minimum Gasteiger partial charge on any atom is -0.490 e. The Morgan fingerprint density at radius 2 is 1.69 bits per heavy atom. The summed E-state index contributed by atoms with van der Waals surface area (Å²) in [6.45, 7) is 5.14. The van der Waals surface area contributed by atoms with Crippen molar-refractivity contribution in [2.24, 2.45) is 0 Å². The zero-order chi connectivity index (χ0) is 19.4. The van der Waals surface area contributed by atoms with Gasteiger partial charge in [0.2, 0.25) is 5.78 Å². The lowest BCUT2D eigenvalue weighted by molar-refractivity contribution is -0.385. The number of ether oxygens (including phenoxy) is 2. The van der Waals surface area contributed by atoms with Gasteiger partial charge in [0.25, 0.3) is 0 Å². The fraction of sp³-hybridized carbons (Fsp3) is 0.263. The fourth-order valence-electron chi connectivity index (χ4n) is 2.87. The molecule has 0 aliphatic carbocycles. The Kier molecular flexibility index (Phi) is 5.71. The lowest BCUT2D eigenvalue weighted by atomic mass is 9.97. The van der Waals surface area contributed by atoms with Crippen LogP contribution in [0.25, 0.3) is 0 Å². The van der Waals surface area contributed by atoms with Crippen LogP contribution in [0.4, 0.5) is 5.69 Å². The number of rotatable bonds is 6. The highest BCUT2D eigenvalue weighted by Crippen LogP contribution is 2.27. The second-order valence-corrected chi connectivity index (χ2v) is 5.92. The van der Waals surface area contributed by atoms with E-state index < -0.39 is 17.5 Å². The van der Waals surface area contributed by atoms with E-state index >= 15 is 0 Å². The van der Waals surface area contributed by atoms with Gasteiger partial charge in [0.15, 0.2) is 12.4 Å². The molecule has 0 N–H and O–H groups in total. The number of hydrogen-bond donors (Lipinski definition) is 0. The lowest BCUT2D eigenvalue weighted by Crippen LogP contribution is -2.16. The number of nitro benzene ring substituents is 1. The highest BCUT2D eigenvalue weighted by Gasteiger charge is 2.20. The van der Waals surface area contributed by atoms with Crippen LogP contribution < -0.4 is 4.74 Å². The summed E-state index contributed by atoms with van der Waals surface area (Å²) in [4.78, 5) is 34.9. The van der Waals surface area contributed by atoms with Crippen molar-refractivity contribution < 1.29 is 24.0 Å². The normalized spacial score (nSPS) is 10.3. The zero-order valence-electron chi connectivity index (χ0n) is 15.0. The third kappa shape index (κ3) is 4.05. The summed E-state index contributed by atoms with van der Waals surface area (Å²) in [6, 6.07) is 7.49. The first kappa shape index (κ1) is 19.1. The van der Waals surface area contributed by atoms with Gasteiger partial charge in [0.05, 0.1) is 17.6 Å². The third-order valence-electron chi connectivity index (χ3n) is 3.90. The predicted octanol–water partition coefficient (Wildman–Crippen LogP) is 3.57. The van der Waals surface area contributed by atoms with E-state index in [4.69, 9.17) is 9.47 Å². The van der Waals surface area contributed by atoms with Gasteiger partial charge in [-0.3, -0.25) is 14.9 Å². The van der Waals surface area contributed by atoms with Crippen molar-refractivity contribution in [2.45, 2.75) is 20.8 Å². The van der Waals surface area contributed by atoms with Gasteiger partial charge in [-0.05, 0) is 44.0 Å². The molecular weight excluding hydrogens is 338 g/mol. The molecule has 0 fully saturated rings. The van der Waals surface area contributed by atoms with Gasteiger partial charge in [0.1, 0.15) is 0 Å². The van der Waals surface area contributed by atoms with E-state index in [-0.39, 0.29) is 22.8 Å². The Morgan fingerprint density at radius 3 is 2.23 bits per heavy atom. The number of ketones is 1. The molecule has 0 aromatic heterocycles. The van der Waals surface area contributed by atoms with Gasteiger partial charge in [-0.25, -0.2) is 4.79 Å². The van der Waals surface area contributed by atoms with Gasteiger partial charge in [-0.15, -0.1) is 0 Å². The molecule has 26 heavy (non-hydrogen) atoms. The number of methoxy groups -OCH3 is 1. The van der Waals surface area contributed by atoms with Crippen molar-refractivity contribution >= 4 is 17.4 Å². The Labute approximate surface area is 150 Å². The smallest absolute Gasteiger partial charge is 0.338 e. The number of esters is 1. The lowest BCUT2D eigenvalue weighted by Gasteiger charge is -2.11. The van der Waals surface area contributed by atoms with Crippen LogP contribution in [0.2, 0.25) is 0 Å². The maximum atomic E-state index is 12.4. The molecule has 0 aliphatic rings. The Bertz CT molecular complexity index is 865. The first-order valence-electron chi connectivity index (χ1n) is 7.85. The predicted molar refractivity (Wildman–Crippen MR) is 94.9 cm³/mol. The average Bonchev–Trinajstić information content (AvgIpc) is 2.58. The second kappa shape index (κ2) is 7.77. The highest BCUT2D eigenvalue weighted by molar-refractivity contribution is 6.01. The van der Waals surface area contributed by atoms with Crippen LogP contribution in [0.3, 0.4) is 0 Å². The minimum absolute atomic E-state index is 0.0253. The molecule has 0 spiro atoms. The summed E-state index contributed by atoms with van der Waals surface area (Å²) in [5.74, 6) is -1.10. The molecule has 0 heterocycles. The number of carbonyl (C=O) groups excluding carboxylic acids is 2. The molecule has 7 nitrogen and oxygen atoms in total. The first-order valence-corrected chi connectivity index (χ1v) is 7.85. The Balaban J connectivity index is 2.15. The molecule has 0 unspecified atom stereocenters. The summed E-state index contributed by atoms with van der Waals surface area (Å²) in [5, 5.41) is 11.0. The van der Waals surface area contributed by atoms with E-state index in [0.717, 1.165) is 22.8 Å². The molecular formula is C19H19NO6. The zero-order valence-corrected chi connectivity index (χ0v) is 15.0. The average molecular weight is 357 g/mol. The van der Waals surface area contributed by atoms with Gasteiger partial charge in [-0.1, -0.05) is 17.7 Å². The summed E-state index contributed by atoms with van der Waals surface area (Å²) >= 11 is 0. The quantitative estimate of drug-likeness (QED) is 0.339. The van der Waals surface area contributed by atoms with Gasteiger partial charge in [0, 0.05) is 11.6 Å². The molecule has 7 heteroatoms. The molecule has 0 saturated heterocycles. The van der Waals surface area contributed by atoms with Crippen LogP contribution in [0.1, 0.15) is 37.4 Å². The summed E-state index contributed by atoms with van der Waals surface area (Å²) in [7, 11) is 1.30. The van der Waals surface area contributed by atoms with Crippen molar-refractivity contribution in [3.8, 4) is 5.75 Å². The molecule has 2 aromatic carbocycles. The van der Waals surface area contributed by atoms with Gasteiger partial charge >= 0.3 is 11.7 Å². The van der Waals surface area contributed by atoms with E-state index in [1.54, 1.807) is 0 Å². The number of aryl methyl sites for hydroxylation is 3. The minimum atomic E-state index is -0.813. The molecule has 0 radical (unpaired) electrons. The second-order valence-electron chi connectivity index (χ2n) is 5.92. The van der Waals surface area contributed by atoms with Crippen molar-refractivity contribution in [1.29, 1.82) is 0 Å². The number of carbonyl (C=O) groups is 2. The Hall–Kier alpha value is -3.22. The standard InChI is InChI=1S/C19H19NO6/c1-11-7-12(2)18(13(3)8-11)16(21)10-26-19(22)14-5-6-17(25-4)15(9-14)20(23)24/h5-9H,10H2,1-4H3. The molecule has 0 amide bonds. The number of Topliss-reactive ketones (excluding diaryl/α,β-unsaturated/α-hetero) is 1. The Morgan fingerprint density at radius 1 is 1.08 bits per heavy atom. The van der Waals surface area contributed by atoms with E-state index in [2.05, 4.69) is 0 Å². The van der Waals surface area contributed by atoms with Crippen LogP contribution in [0, 0.1) is 30.9 Å². The molecule has 2 rings (SSSR count). The van der Waals surface area contributed by atoms with E-state index in [0.29, 0.717) is 5.56 Å². The van der Waals surface area contributed by atoms with Crippen LogP contribution >= 0.6 is 0 Å². The van der Waals surface area contributed by atoms with Crippen molar-refractivity contribution in [1.82, 2.24) is 0 Å². The first-order chi connectivity index (χ1) is 12.2. The van der Waals surface area contributed by atoms with Crippen molar-refractivity contribution in [3.63, 3.8) is 0 Å². The molecule has 0 bridgehead atoms. The maximum Gasteiger partial charge on any atom is 0.338 e. The van der Waals surface area contributed by atoms with E-state index in [9.17, 15) is 19.7 Å². The molecule has 136 valence electrons. The van der Waals surface area contributed by atoms with E-state index in [1.165, 1.54) is 19.2 Å². The SMILES string of the molecule is COc1ccc(C(=O)OCC(=O)c2c(C)cc(C)cc2C)cc1[N+](=O)[O-]. The highest BCUT2D eigenvalue weighted by atomic mass is 16.6. The number of nitrogens with zero attached hydrogens (tertiary/aromatic N) is 1. The van der Waals surface area contributed by atoms with Crippen LogP contribution in [0.15, 0.2) is 30.3 Å². The van der Waals surface area contributed by atoms with Crippen LogP contribution in [-0.4, -0.2) is 30.4 Å². The molecule has 0 saturated carbocycles. The van der Waals surface area contributed by atoms with Crippen molar-refractivity contribution in [2.75, 3.05) is 13.7 Å². The van der Waals surface area contributed by atoms with Crippen molar-refractivity contribution in [3.05, 3.63) is 68.3 Å². The molecule has 0 atom stereocenters. The fourth-order valence-corrected chi connectivity index (χ4v) is 2.87. The third-order valence-corrected chi connectivity index (χ3v) is 3.90. The maximum absolute atomic E-state index is 12.4. The van der Waals surface area contributed by atoms with Gasteiger partial charge in [-0.2, -0.15) is 0 Å². The summed E-state index contributed by atoms with van der Waals surface area (Å²) < 4.78 is 9.93. The summed E-state index contributed by atoms with van der Waals surface area (Å²) in [5.41, 5.74) is 2.80. The number of nitro groups is 1. The van der Waals surface area contributed by atoms with Crippen LogP contribution in [-0.2, 0) is 4.74 Å². The van der Waals surface area contributed by atoms with Crippen LogP contribution in [0.5, 0.6) is 5.75 Å². The summed E-state index contributed by atoms with van der Waals surface area (Å²) in [6.07, 6.45) is 0. The largest absolute Gasteiger partial charge is 0.490 e. The monoisotopic (exact) mass is 357 g/mol. The molecule has 2 aromatic rings. The number of benzene rings is 2. The van der Waals surface area contributed by atoms with E-state index in [1.807, 2.05) is 32.9 Å². The van der Waals surface area contributed by atoms with Gasteiger partial charge < -0.3 is 9.47 Å². The number of hydrogen-bond acceptors (Lipinski definition) is 6. The molecule has 0 aliphatic heterocycles. The topological polar surface area (TPSA) is 95.7 Å².